The Bertz CT molecular complexity index is 1150. The molecule has 0 aliphatic heterocycles. The Morgan fingerprint density at radius 2 is 1.56 bits per heavy atom. The van der Waals surface area contributed by atoms with Crippen molar-refractivity contribution in [2.75, 3.05) is 32.7 Å². The van der Waals surface area contributed by atoms with Crippen molar-refractivity contribution in [2.45, 2.75) is 6.42 Å². The molecule has 0 saturated carbocycles. The first-order valence-electron chi connectivity index (χ1n) is 10.5. The van der Waals surface area contributed by atoms with Gasteiger partial charge in [0, 0.05) is 55.4 Å². The van der Waals surface area contributed by atoms with Gasteiger partial charge < -0.3 is 14.8 Å². The molecule has 2 aromatic heterocycles. The predicted molar refractivity (Wildman–Crippen MR) is 128 cm³/mol. The van der Waals surface area contributed by atoms with Crippen LogP contribution in [0.4, 0.5) is 5.82 Å². The molecular weight excluding hydrogens is 400 g/mol. The average Bonchev–Trinajstić information content (AvgIpc) is 2.87. The summed E-state index contributed by atoms with van der Waals surface area (Å²) in [7, 11) is 3.37. The van der Waals surface area contributed by atoms with Crippen LogP contribution in [-0.4, -0.2) is 42.3 Å². The summed E-state index contributed by atoms with van der Waals surface area (Å²) in [4.78, 5) is 14.0. The first-order chi connectivity index (χ1) is 15.8. The summed E-state index contributed by atoms with van der Waals surface area (Å²) in [6, 6.07) is 22.0. The van der Waals surface area contributed by atoms with E-state index in [0.29, 0.717) is 12.4 Å². The van der Waals surface area contributed by atoms with Crippen molar-refractivity contribution in [3.05, 3.63) is 79.1 Å². The van der Waals surface area contributed by atoms with Crippen LogP contribution in [0.2, 0.25) is 0 Å². The molecule has 0 atom stereocenters. The monoisotopic (exact) mass is 426 g/mol. The van der Waals surface area contributed by atoms with Crippen molar-refractivity contribution in [1.82, 2.24) is 15.0 Å². The molecule has 0 amide bonds. The van der Waals surface area contributed by atoms with Crippen LogP contribution in [0.25, 0.3) is 33.8 Å². The fourth-order valence-electron chi connectivity index (χ4n) is 3.36. The third kappa shape index (κ3) is 5.28. The molecule has 2 heterocycles. The van der Waals surface area contributed by atoms with E-state index in [1.165, 1.54) is 0 Å². The van der Waals surface area contributed by atoms with E-state index in [4.69, 9.17) is 19.4 Å². The third-order valence-corrected chi connectivity index (χ3v) is 5.05. The Morgan fingerprint density at radius 1 is 0.781 bits per heavy atom. The van der Waals surface area contributed by atoms with Gasteiger partial charge in [0.2, 0.25) is 0 Å². The highest BCUT2D eigenvalue weighted by Crippen LogP contribution is 2.28. The largest absolute Gasteiger partial charge is 0.497 e. The van der Waals surface area contributed by atoms with Crippen LogP contribution in [0.1, 0.15) is 6.42 Å². The number of aromatic nitrogens is 3. The number of nitrogens with one attached hydrogen (secondary N) is 1. The number of rotatable bonds is 9. The van der Waals surface area contributed by atoms with Crippen LogP contribution in [0.3, 0.4) is 0 Å². The molecule has 4 aromatic rings. The lowest BCUT2D eigenvalue weighted by Gasteiger charge is -2.11. The van der Waals surface area contributed by atoms with Crippen molar-refractivity contribution in [1.29, 1.82) is 0 Å². The Kier molecular flexibility index (Phi) is 7.05. The lowest BCUT2D eigenvalue weighted by molar-refractivity contribution is 0.198. The second-order valence-electron chi connectivity index (χ2n) is 7.29. The van der Waals surface area contributed by atoms with E-state index in [-0.39, 0.29) is 0 Å². The SMILES string of the molecule is COCCCNc1cc(-c2cncc(-c3ccc(OC)cc3)c2)nc(-c2ccccc2)n1. The lowest BCUT2D eigenvalue weighted by atomic mass is 10.0. The molecule has 0 radical (unpaired) electrons. The van der Waals surface area contributed by atoms with Gasteiger partial charge >= 0.3 is 0 Å². The molecule has 0 fully saturated rings. The van der Waals surface area contributed by atoms with Crippen molar-refractivity contribution in [2.24, 2.45) is 0 Å². The summed E-state index contributed by atoms with van der Waals surface area (Å²) < 4.78 is 10.4. The maximum atomic E-state index is 5.27. The third-order valence-electron chi connectivity index (χ3n) is 5.05. The minimum atomic E-state index is 0.673. The van der Waals surface area contributed by atoms with Crippen LogP contribution in [0.5, 0.6) is 5.75 Å². The zero-order valence-electron chi connectivity index (χ0n) is 18.3. The van der Waals surface area contributed by atoms with Gasteiger partial charge in [0.05, 0.1) is 12.8 Å². The van der Waals surface area contributed by atoms with Crippen molar-refractivity contribution < 1.29 is 9.47 Å². The van der Waals surface area contributed by atoms with E-state index in [1.807, 2.05) is 73.1 Å². The molecule has 0 spiro atoms. The maximum Gasteiger partial charge on any atom is 0.162 e. The zero-order chi connectivity index (χ0) is 22.2. The number of hydrogen-bond donors (Lipinski definition) is 1. The number of pyridine rings is 1. The van der Waals surface area contributed by atoms with Gasteiger partial charge in [-0.2, -0.15) is 0 Å². The average molecular weight is 427 g/mol. The van der Waals surface area contributed by atoms with Crippen molar-refractivity contribution in [3.63, 3.8) is 0 Å². The molecule has 2 aromatic carbocycles. The van der Waals surface area contributed by atoms with Crippen molar-refractivity contribution in [3.8, 4) is 39.5 Å². The standard InChI is InChI=1S/C26H26N4O2/c1-31-14-6-13-28-25-16-24(29-26(30-25)20-7-4-3-5-8-20)22-15-21(17-27-18-22)19-9-11-23(32-2)12-10-19/h3-5,7-12,15-18H,6,13-14H2,1-2H3,(H,28,29,30). The number of anilines is 1. The van der Waals surface area contributed by atoms with Crippen molar-refractivity contribution >= 4 is 5.82 Å². The fraction of sp³-hybridized carbons (Fsp3) is 0.192. The molecule has 0 aliphatic rings. The Labute approximate surface area is 188 Å². The van der Waals surface area contributed by atoms with Gasteiger partial charge in [0.1, 0.15) is 11.6 Å². The first-order valence-corrected chi connectivity index (χ1v) is 10.5. The molecule has 6 nitrogen and oxygen atoms in total. The summed E-state index contributed by atoms with van der Waals surface area (Å²) in [5, 5.41) is 3.39. The molecule has 0 saturated heterocycles. The van der Waals surface area contributed by atoms with Gasteiger partial charge in [0.25, 0.3) is 0 Å². The van der Waals surface area contributed by atoms with Crippen LogP contribution in [0, 0.1) is 0 Å². The van der Waals surface area contributed by atoms with E-state index in [2.05, 4.69) is 16.4 Å². The van der Waals surface area contributed by atoms with Crippen LogP contribution in [-0.2, 0) is 4.74 Å². The number of nitrogens with zero attached hydrogens (tertiary/aromatic N) is 3. The smallest absolute Gasteiger partial charge is 0.162 e. The Balaban J connectivity index is 1.69. The summed E-state index contributed by atoms with van der Waals surface area (Å²) in [5.74, 6) is 2.28. The second-order valence-corrected chi connectivity index (χ2v) is 7.29. The van der Waals surface area contributed by atoms with E-state index in [0.717, 1.165) is 52.5 Å². The normalized spacial score (nSPS) is 10.7. The number of methoxy groups -OCH3 is 2. The van der Waals surface area contributed by atoms with Gasteiger partial charge in [-0.25, -0.2) is 9.97 Å². The minimum absolute atomic E-state index is 0.673. The molecule has 0 bridgehead atoms. The molecule has 0 unspecified atom stereocenters. The second kappa shape index (κ2) is 10.5. The quantitative estimate of drug-likeness (QED) is 0.365. The summed E-state index contributed by atoms with van der Waals surface area (Å²) in [6.07, 6.45) is 4.58. The number of benzene rings is 2. The molecule has 32 heavy (non-hydrogen) atoms. The zero-order valence-corrected chi connectivity index (χ0v) is 18.3. The van der Waals surface area contributed by atoms with E-state index in [9.17, 15) is 0 Å². The number of hydrogen-bond acceptors (Lipinski definition) is 6. The summed E-state index contributed by atoms with van der Waals surface area (Å²) in [6.45, 7) is 1.47. The first kappa shape index (κ1) is 21.5. The molecule has 162 valence electrons. The fourth-order valence-corrected chi connectivity index (χ4v) is 3.36. The maximum absolute atomic E-state index is 5.27. The summed E-state index contributed by atoms with van der Waals surface area (Å²) in [5.41, 5.74) is 4.79. The lowest BCUT2D eigenvalue weighted by Crippen LogP contribution is -2.07. The molecule has 4 rings (SSSR count). The van der Waals surface area contributed by atoms with Crippen LogP contribution >= 0.6 is 0 Å². The summed E-state index contributed by atoms with van der Waals surface area (Å²) >= 11 is 0. The van der Waals surface area contributed by atoms with Gasteiger partial charge in [0.15, 0.2) is 5.82 Å². The highest BCUT2D eigenvalue weighted by Gasteiger charge is 2.10. The van der Waals surface area contributed by atoms with Gasteiger partial charge in [-0.05, 0) is 30.2 Å². The highest BCUT2D eigenvalue weighted by atomic mass is 16.5. The van der Waals surface area contributed by atoms with Crippen LogP contribution < -0.4 is 10.1 Å². The number of ether oxygens (including phenoxy) is 2. The molecule has 1 N–H and O–H groups in total. The molecular formula is C26H26N4O2. The van der Waals surface area contributed by atoms with Gasteiger partial charge in [-0.1, -0.05) is 42.5 Å². The predicted octanol–water partition coefficient (Wildman–Crippen LogP) is 5.33. The Hall–Kier alpha value is -3.77. The van der Waals surface area contributed by atoms with E-state index >= 15 is 0 Å². The van der Waals surface area contributed by atoms with E-state index in [1.54, 1.807) is 14.2 Å². The van der Waals surface area contributed by atoms with Gasteiger partial charge in [-0.3, -0.25) is 4.98 Å². The van der Waals surface area contributed by atoms with Gasteiger partial charge in [-0.15, -0.1) is 0 Å². The minimum Gasteiger partial charge on any atom is -0.497 e. The highest BCUT2D eigenvalue weighted by molar-refractivity contribution is 5.73. The van der Waals surface area contributed by atoms with E-state index < -0.39 is 0 Å². The Morgan fingerprint density at radius 3 is 2.31 bits per heavy atom. The topological polar surface area (TPSA) is 69.2 Å². The molecule has 0 aliphatic carbocycles. The van der Waals surface area contributed by atoms with Crippen LogP contribution in [0.15, 0.2) is 79.1 Å². The molecule has 6 heteroatoms.